The van der Waals surface area contributed by atoms with Crippen LogP contribution in [-0.4, -0.2) is 41.6 Å². The molecule has 2 N–H and O–H groups in total. The summed E-state index contributed by atoms with van der Waals surface area (Å²) >= 11 is 0. The average molecular weight is 297 g/mol. The zero-order valence-electron chi connectivity index (χ0n) is 13.3. The second-order valence-electron chi connectivity index (χ2n) is 5.43. The Morgan fingerprint density at radius 3 is 2.52 bits per heavy atom. The number of carboxylic acids is 1. The topological polar surface area (TPSA) is 93.4 Å². The van der Waals surface area contributed by atoms with Gasteiger partial charge in [-0.3, -0.25) is 4.79 Å². The van der Waals surface area contributed by atoms with Crippen LogP contribution in [-0.2, 0) is 4.79 Å². The molecule has 2 atom stereocenters. The molecule has 0 aromatic carbocycles. The molecule has 120 valence electrons. The highest BCUT2D eigenvalue weighted by atomic mass is 16.4. The second kappa shape index (κ2) is 11.0. The summed E-state index contributed by atoms with van der Waals surface area (Å²) in [5, 5.41) is 20.2. The molecule has 0 aliphatic carbocycles. The van der Waals surface area contributed by atoms with Crippen LogP contribution in [0.25, 0.3) is 0 Å². The Morgan fingerprint density at radius 1 is 1.33 bits per heavy atom. The molecule has 0 fully saturated rings. The Labute approximate surface area is 127 Å². The third-order valence-electron chi connectivity index (χ3n) is 3.66. The first kappa shape index (κ1) is 19.2. The molecule has 0 aromatic rings. The van der Waals surface area contributed by atoms with Gasteiger partial charge in [-0.25, -0.2) is 4.79 Å². The first-order valence-electron chi connectivity index (χ1n) is 7.51. The van der Waals surface area contributed by atoms with Crippen molar-refractivity contribution in [1.82, 2.24) is 10.2 Å². The molecule has 0 aliphatic rings. The minimum Gasteiger partial charge on any atom is -0.481 e. The number of hydrogen-bond acceptors (Lipinski definition) is 3. The number of hydrogen-bond donors (Lipinski definition) is 2. The molecule has 0 saturated carbocycles. The summed E-state index contributed by atoms with van der Waals surface area (Å²) in [4.78, 5) is 24.0. The van der Waals surface area contributed by atoms with Gasteiger partial charge >= 0.3 is 12.0 Å². The van der Waals surface area contributed by atoms with Crippen molar-refractivity contribution in [3.8, 4) is 6.07 Å². The predicted octanol–water partition coefficient (Wildman–Crippen LogP) is 2.60. The fourth-order valence-electron chi connectivity index (χ4n) is 2.15. The molecule has 0 heterocycles. The van der Waals surface area contributed by atoms with Crippen molar-refractivity contribution in [2.75, 3.05) is 13.6 Å². The summed E-state index contributed by atoms with van der Waals surface area (Å²) in [7, 11) is 1.67. The van der Waals surface area contributed by atoms with E-state index in [4.69, 9.17) is 10.4 Å². The van der Waals surface area contributed by atoms with Gasteiger partial charge in [-0.05, 0) is 25.7 Å². The maximum absolute atomic E-state index is 11.9. The number of nitrogens with zero attached hydrogens (tertiary/aromatic N) is 2. The molecule has 2 unspecified atom stereocenters. The van der Waals surface area contributed by atoms with Crippen LogP contribution in [0, 0.1) is 17.2 Å². The van der Waals surface area contributed by atoms with E-state index in [2.05, 4.69) is 12.2 Å². The number of nitrogens with one attached hydrogen (secondary N) is 1. The van der Waals surface area contributed by atoms with Crippen LogP contribution in [0.2, 0.25) is 0 Å². The van der Waals surface area contributed by atoms with Gasteiger partial charge in [-0.1, -0.05) is 19.8 Å². The van der Waals surface area contributed by atoms with E-state index in [-0.39, 0.29) is 18.5 Å². The van der Waals surface area contributed by atoms with Crippen molar-refractivity contribution in [3.05, 3.63) is 0 Å². The smallest absolute Gasteiger partial charge is 0.317 e. The van der Waals surface area contributed by atoms with Crippen LogP contribution in [0.1, 0.15) is 52.4 Å². The fourth-order valence-corrected chi connectivity index (χ4v) is 2.15. The van der Waals surface area contributed by atoms with Crippen molar-refractivity contribution >= 4 is 12.0 Å². The lowest BCUT2D eigenvalue weighted by molar-refractivity contribution is -0.137. The van der Waals surface area contributed by atoms with Gasteiger partial charge in [0.05, 0.1) is 12.5 Å². The first-order chi connectivity index (χ1) is 9.92. The van der Waals surface area contributed by atoms with Gasteiger partial charge in [0, 0.05) is 26.1 Å². The number of rotatable bonds is 10. The monoisotopic (exact) mass is 297 g/mol. The number of urea groups is 1. The average Bonchev–Trinajstić information content (AvgIpc) is 2.43. The Hall–Kier alpha value is -1.77. The van der Waals surface area contributed by atoms with Gasteiger partial charge in [0.2, 0.25) is 0 Å². The van der Waals surface area contributed by atoms with E-state index in [0.29, 0.717) is 25.3 Å². The van der Waals surface area contributed by atoms with E-state index in [0.717, 1.165) is 19.3 Å². The number of carboxylic acid groups (broad SMARTS) is 1. The molecule has 0 aromatic heterocycles. The molecule has 0 radical (unpaired) electrons. The van der Waals surface area contributed by atoms with Crippen LogP contribution in [0.5, 0.6) is 0 Å². The van der Waals surface area contributed by atoms with Gasteiger partial charge in [0.1, 0.15) is 0 Å². The van der Waals surface area contributed by atoms with E-state index in [1.165, 1.54) is 4.90 Å². The first-order valence-corrected chi connectivity index (χ1v) is 7.51. The highest BCUT2D eigenvalue weighted by Gasteiger charge is 2.16. The molecular formula is C15H27N3O3. The molecule has 6 heteroatoms. The lowest BCUT2D eigenvalue weighted by atomic mass is 9.94. The van der Waals surface area contributed by atoms with Crippen LogP contribution in [0.3, 0.4) is 0 Å². The van der Waals surface area contributed by atoms with Crippen LogP contribution >= 0.6 is 0 Å². The summed E-state index contributed by atoms with van der Waals surface area (Å²) in [5.41, 5.74) is 0. The highest BCUT2D eigenvalue weighted by molar-refractivity contribution is 5.74. The molecule has 0 rings (SSSR count). The van der Waals surface area contributed by atoms with E-state index in [1.54, 1.807) is 7.05 Å². The predicted molar refractivity (Wildman–Crippen MR) is 80.7 cm³/mol. The second-order valence-corrected chi connectivity index (χ2v) is 5.43. The zero-order chi connectivity index (χ0) is 16.3. The summed E-state index contributed by atoms with van der Waals surface area (Å²) in [5.74, 6) is -0.446. The standard InChI is InChI=1S/C15H27N3O3/c1-4-5-13(6-7-14(19)20)9-11-17-15(21)18(3)12(2)8-10-16/h12-13H,4-9,11H2,1-3H3,(H,17,21)(H,19,20). The summed E-state index contributed by atoms with van der Waals surface area (Å²) in [6.45, 7) is 4.44. The quantitative estimate of drug-likeness (QED) is 0.648. The van der Waals surface area contributed by atoms with Gasteiger partial charge in [-0.15, -0.1) is 0 Å². The summed E-state index contributed by atoms with van der Waals surface area (Å²) < 4.78 is 0. The van der Waals surface area contributed by atoms with Gasteiger partial charge in [-0.2, -0.15) is 5.26 Å². The highest BCUT2D eigenvalue weighted by Crippen LogP contribution is 2.17. The van der Waals surface area contributed by atoms with Crippen molar-refractivity contribution in [2.45, 2.75) is 58.4 Å². The summed E-state index contributed by atoms with van der Waals surface area (Å²) in [6, 6.07) is 1.74. The van der Waals surface area contributed by atoms with Crippen molar-refractivity contribution in [3.63, 3.8) is 0 Å². The molecule has 21 heavy (non-hydrogen) atoms. The summed E-state index contributed by atoms with van der Waals surface area (Å²) in [6.07, 6.45) is 3.91. The zero-order valence-corrected chi connectivity index (χ0v) is 13.3. The number of aliphatic carboxylic acids is 1. The number of carbonyl (C=O) groups is 2. The fraction of sp³-hybridized carbons (Fsp3) is 0.800. The van der Waals surface area contributed by atoms with E-state index in [1.807, 2.05) is 13.0 Å². The van der Waals surface area contributed by atoms with Crippen molar-refractivity contribution in [2.24, 2.45) is 5.92 Å². The van der Waals surface area contributed by atoms with Crippen LogP contribution in [0.4, 0.5) is 4.79 Å². The Morgan fingerprint density at radius 2 is 2.00 bits per heavy atom. The largest absolute Gasteiger partial charge is 0.481 e. The third-order valence-corrected chi connectivity index (χ3v) is 3.66. The maximum atomic E-state index is 11.9. The van der Waals surface area contributed by atoms with E-state index < -0.39 is 5.97 Å². The van der Waals surface area contributed by atoms with Gasteiger partial charge < -0.3 is 15.3 Å². The number of nitriles is 1. The lowest BCUT2D eigenvalue weighted by Crippen LogP contribution is -2.42. The Kier molecular flexibility index (Phi) is 10.0. The molecule has 0 spiro atoms. The molecule has 0 aliphatic heterocycles. The van der Waals surface area contributed by atoms with E-state index in [9.17, 15) is 9.59 Å². The van der Waals surface area contributed by atoms with Crippen molar-refractivity contribution < 1.29 is 14.7 Å². The molecular weight excluding hydrogens is 270 g/mol. The molecule has 6 nitrogen and oxygen atoms in total. The third kappa shape index (κ3) is 8.90. The van der Waals surface area contributed by atoms with Crippen LogP contribution < -0.4 is 5.32 Å². The minimum atomic E-state index is -0.773. The Bertz CT molecular complexity index is 366. The molecule has 0 bridgehead atoms. The SMILES string of the molecule is CCCC(CCNC(=O)N(C)C(C)CC#N)CCC(=O)O. The number of amides is 2. The lowest BCUT2D eigenvalue weighted by Gasteiger charge is -2.24. The molecule has 0 saturated heterocycles. The minimum absolute atomic E-state index is 0.117. The van der Waals surface area contributed by atoms with E-state index >= 15 is 0 Å². The number of carbonyl (C=O) groups excluding carboxylic acids is 1. The van der Waals surface area contributed by atoms with Crippen molar-refractivity contribution in [1.29, 1.82) is 5.26 Å². The van der Waals surface area contributed by atoms with Gasteiger partial charge in [0.25, 0.3) is 0 Å². The molecule has 2 amide bonds. The maximum Gasteiger partial charge on any atom is 0.317 e. The Balaban J connectivity index is 4.09. The van der Waals surface area contributed by atoms with Gasteiger partial charge in [0.15, 0.2) is 0 Å². The van der Waals surface area contributed by atoms with Crippen LogP contribution in [0.15, 0.2) is 0 Å². The normalized spacial score (nSPS) is 13.0.